The minimum absolute atomic E-state index is 0.142. The van der Waals surface area contributed by atoms with E-state index in [1.54, 1.807) is 0 Å². The highest BCUT2D eigenvalue weighted by Gasteiger charge is 2.15. The van der Waals surface area contributed by atoms with Crippen LogP contribution in [0.15, 0.2) is 0 Å². The predicted molar refractivity (Wildman–Crippen MR) is 84.5 cm³/mol. The topological polar surface area (TPSA) is 61.3 Å². The second kappa shape index (κ2) is 8.74. The Morgan fingerprint density at radius 3 is 2.40 bits per heavy atom. The standard InChI is InChI=1S/C15H28N4O/c1-5-8-13-17-14(16-7-3)12(4)15(18-13)19(9-6-2)10-11-20/h20H,5-11H2,1-4H3,(H,16,17,18). The molecule has 0 atom stereocenters. The van der Waals surface area contributed by atoms with E-state index in [-0.39, 0.29) is 6.61 Å². The molecule has 0 bridgehead atoms. The summed E-state index contributed by atoms with van der Waals surface area (Å²) in [5, 5.41) is 12.6. The van der Waals surface area contributed by atoms with E-state index in [2.05, 4.69) is 36.0 Å². The van der Waals surface area contributed by atoms with Gasteiger partial charge in [-0.25, -0.2) is 9.97 Å². The van der Waals surface area contributed by atoms with Crippen LogP contribution in [0, 0.1) is 6.92 Å². The minimum Gasteiger partial charge on any atom is -0.395 e. The molecule has 0 aliphatic rings. The molecule has 0 amide bonds. The smallest absolute Gasteiger partial charge is 0.137 e. The van der Waals surface area contributed by atoms with Crippen molar-refractivity contribution < 1.29 is 5.11 Å². The number of hydrogen-bond acceptors (Lipinski definition) is 5. The Morgan fingerprint density at radius 1 is 1.10 bits per heavy atom. The monoisotopic (exact) mass is 280 g/mol. The van der Waals surface area contributed by atoms with E-state index in [0.717, 1.165) is 55.4 Å². The molecule has 0 saturated heterocycles. The normalized spacial score (nSPS) is 10.7. The summed E-state index contributed by atoms with van der Waals surface area (Å²) in [7, 11) is 0. The summed E-state index contributed by atoms with van der Waals surface area (Å²) in [6.45, 7) is 10.9. The average molecular weight is 280 g/mol. The molecule has 0 unspecified atom stereocenters. The largest absolute Gasteiger partial charge is 0.395 e. The van der Waals surface area contributed by atoms with Crippen molar-refractivity contribution in [2.45, 2.75) is 47.0 Å². The van der Waals surface area contributed by atoms with E-state index in [4.69, 9.17) is 4.98 Å². The molecule has 2 N–H and O–H groups in total. The second-order valence-corrected chi connectivity index (χ2v) is 4.93. The van der Waals surface area contributed by atoms with E-state index >= 15 is 0 Å². The summed E-state index contributed by atoms with van der Waals surface area (Å²) in [6.07, 6.45) is 2.94. The fraction of sp³-hybridized carbons (Fsp3) is 0.733. The Bertz CT molecular complexity index is 403. The van der Waals surface area contributed by atoms with Crippen LogP contribution in [0.1, 0.15) is 45.0 Å². The number of aromatic nitrogens is 2. The average Bonchev–Trinajstić information content (AvgIpc) is 2.42. The van der Waals surface area contributed by atoms with Crippen LogP contribution >= 0.6 is 0 Å². The first-order valence-electron chi connectivity index (χ1n) is 7.65. The summed E-state index contributed by atoms with van der Waals surface area (Å²) in [5.41, 5.74) is 1.06. The lowest BCUT2D eigenvalue weighted by Gasteiger charge is -2.25. The summed E-state index contributed by atoms with van der Waals surface area (Å²) >= 11 is 0. The number of rotatable bonds is 9. The number of aryl methyl sites for hydroxylation is 1. The molecule has 5 nitrogen and oxygen atoms in total. The van der Waals surface area contributed by atoms with E-state index < -0.39 is 0 Å². The zero-order valence-electron chi connectivity index (χ0n) is 13.2. The van der Waals surface area contributed by atoms with Crippen molar-refractivity contribution in [3.05, 3.63) is 11.4 Å². The molecule has 1 heterocycles. The SMILES string of the molecule is CCCc1nc(NCC)c(C)c(N(CCC)CCO)n1. The summed E-state index contributed by atoms with van der Waals surface area (Å²) in [4.78, 5) is 11.5. The quantitative estimate of drug-likeness (QED) is 0.727. The molecule has 1 aromatic rings. The number of aliphatic hydroxyl groups excluding tert-OH is 1. The molecule has 1 rings (SSSR count). The van der Waals surface area contributed by atoms with E-state index in [1.165, 1.54) is 0 Å². The van der Waals surface area contributed by atoms with Gasteiger partial charge in [-0.3, -0.25) is 0 Å². The van der Waals surface area contributed by atoms with Crippen molar-refractivity contribution in [2.24, 2.45) is 0 Å². The van der Waals surface area contributed by atoms with Gasteiger partial charge in [0.15, 0.2) is 0 Å². The van der Waals surface area contributed by atoms with Crippen molar-refractivity contribution in [3.63, 3.8) is 0 Å². The fourth-order valence-electron chi connectivity index (χ4n) is 2.25. The maximum Gasteiger partial charge on any atom is 0.137 e. The number of anilines is 2. The lowest BCUT2D eigenvalue weighted by atomic mass is 10.2. The number of nitrogens with one attached hydrogen (secondary N) is 1. The Morgan fingerprint density at radius 2 is 1.85 bits per heavy atom. The maximum absolute atomic E-state index is 9.26. The first-order chi connectivity index (χ1) is 9.67. The van der Waals surface area contributed by atoms with Crippen molar-refractivity contribution in [1.82, 2.24) is 9.97 Å². The van der Waals surface area contributed by atoms with Gasteiger partial charge >= 0.3 is 0 Å². The van der Waals surface area contributed by atoms with Crippen LogP contribution in [0.25, 0.3) is 0 Å². The Hall–Kier alpha value is -1.36. The lowest BCUT2D eigenvalue weighted by Crippen LogP contribution is -2.30. The van der Waals surface area contributed by atoms with Crippen LogP contribution in [-0.4, -0.2) is 41.3 Å². The Kier molecular flexibility index (Phi) is 7.30. The molecule has 0 aliphatic carbocycles. The van der Waals surface area contributed by atoms with E-state index in [1.807, 2.05) is 6.92 Å². The molecule has 114 valence electrons. The lowest BCUT2D eigenvalue weighted by molar-refractivity contribution is 0.301. The van der Waals surface area contributed by atoms with Gasteiger partial charge in [-0.05, 0) is 26.7 Å². The van der Waals surface area contributed by atoms with Gasteiger partial charge in [-0.1, -0.05) is 13.8 Å². The van der Waals surface area contributed by atoms with E-state index in [9.17, 15) is 5.11 Å². The third-order valence-corrected chi connectivity index (χ3v) is 3.15. The Labute approximate surface area is 122 Å². The van der Waals surface area contributed by atoms with Crippen LogP contribution in [0.3, 0.4) is 0 Å². The molecule has 5 heteroatoms. The highest BCUT2D eigenvalue weighted by molar-refractivity contribution is 5.58. The molecule has 20 heavy (non-hydrogen) atoms. The first kappa shape index (κ1) is 16.7. The molecule has 0 fully saturated rings. The van der Waals surface area contributed by atoms with Gasteiger partial charge in [-0.2, -0.15) is 0 Å². The van der Waals surface area contributed by atoms with Gasteiger partial charge in [0.1, 0.15) is 17.5 Å². The van der Waals surface area contributed by atoms with Crippen LogP contribution in [-0.2, 0) is 6.42 Å². The second-order valence-electron chi connectivity index (χ2n) is 4.93. The highest BCUT2D eigenvalue weighted by Crippen LogP contribution is 2.24. The van der Waals surface area contributed by atoms with Crippen molar-refractivity contribution in [2.75, 3.05) is 36.5 Å². The van der Waals surface area contributed by atoms with Gasteiger partial charge in [0.2, 0.25) is 0 Å². The zero-order chi connectivity index (χ0) is 15.0. The van der Waals surface area contributed by atoms with Gasteiger partial charge in [0.25, 0.3) is 0 Å². The summed E-state index contributed by atoms with van der Waals surface area (Å²) in [5.74, 6) is 2.75. The molecule has 0 spiro atoms. The first-order valence-corrected chi connectivity index (χ1v) is 7.65. The van der Waals surface area contributed by atoms with Crippen LogP contribution in [0.2, 0.25) is 0 Å². The number of hydrogen-bond donors (Lipinski definition) is 2. The number of aliphatic hydroxyl groups is 1. The van der Waals surface area contributed by atoms with E-state index in [0.29, 0.717) is 6.54 Å². The van der Waals surface area contributed by atoms with Crippen LogP contribution < -0.4 is 10.2 Å². The molecular formula is C15H28N4O. The van der Waals surface area contributed by atoms with Gasteiger partial charge < -0.3 is 15.3 Å². The van der Waals surface area contributed by atoms with Gasteiger partial charge in [0, 0.05) is 31.6 Å². The predicted octanol–water partition coefficient (Wildman–Crippen LogP) is 2.38. The van der Waals surface area contributed by atoms with Crippen LogP contribution in [0.5, 0.6) is 0 Å². The summed E-state index contributed by atoms with van der Waals surface area (Å²) < 4.78 is 0. The van der Waals surface area contributed by atoms with Crippen LogP contribution in [0.4, 0.5) is 11.6 Å². The maximum atomic E-state index is 9.26. The van der Waals surface area contributed by atoms with Crippen molar-refractivity contribution >= 4 is 11.6 Å². The zero-order valence-corrected chi connectivity index (χ0v) is 13.2. The molecule has 0 saturated carbocycles. The minimum atomic E-state index is 0.142. The van der Waals surface area contributed by atoms with Gasteiger partial charge in [0.05, 0.1) is 6.61 Å². The third kappa shape index (κ3) is 4.34. The van der Waals surface area contributed by atoms with Crippen molar-refractivity contribution in [3.8, 4) is 0 Å². The Balaban J connectivity index is 3.18. The van der Waals surface area contributed by atoms with Gasteiger partial charge in [-0.15, -0.1) is 0 Å². The fourth-order valence-corrected chi connectivity index (χ4v) is 2.25. The van der Waals surface area contributed by atoms with Crippen molar-refractivity contribution in [1.29, 1.82) is 0 Å². The molecule has 1 aromatic heterocycles. The molecule has 0 aliphatic heterocycles. The molecule has 0 aromatic carbocycles. The summed E-state index contributed by atoms with van der Waals surface area (Å²) in [6, 6.07) is 0. The molecule has 0 radical (unpaired) electrons. The number of nitrogens with zero attached hydrogens (tertiary/aromatic N) is 3. The third-order valence-electron chi connectivity index (χ3n) is 3.15. The highest BCUT2D eigenvalue weighted by atomic mass is 16.3. The molecular weight excluding hydrogens is 252 g/mol.